The van der Waals surface area contributed by atoms with Crippen molar-refractivity contribution in [1.29, 1.82) is 0 Å². The van der Waals surface area contributed by atoms with Gasteiger partial charge in [-0.2, -0.15) is 26.3 Å². The Balaban J connectivity index is 1.70. The van der Waals surface area contributed by atoms with Gasteiger partial charge in [0.15, 0.2) is 0 Å². The van der Waals surface area contributed by atoms with Crippen molar-refractivity contribution in [3.05, 3.63) is 95.3 Å². The summed E-state index contributed by atoms with van der Waals surface area (Å²) in [5.41, 5.74) is -0.182. The van der Waals surface area contributed by atoms with Crippen LogP contribution >= 0.6 is 11.6 Å². The fourth-order valence-corrected chi connectivity index (χ4v) is 3.66. The molecule has 0 aliphatic carbocycles. The molecular weight excluding hydrogens is 454 g/mol. The Morgan fingerprint density at radius 2 is 1.34 bits per heavy atom. The van der Waals surface area contributed by atoms with Crippen molar-refractivity contribution in [2.75, 3.05) is 0 Å². The van der Waals surface area contributed by atoms with Crippen molar-refractivity contribution in [3.8, 4) is 28.2 Å². The van der Waals surface area contributed by atoms with E-state index in [1.165, 1.54) is 47.3 Å². The number of imidazole rings is 1. The van der Waals surface area contributed by atoms with Crippen molar-refractivity contribution in [1.82, 2.24) is 9.55 Å². The fraction of sp³-hybridized carbons (Fsp3) is 0.0870. The summed E-state index contributed by atoms with van der Waals surface area (Å²) in [7, 11) is 0. The summed E-state index contributed by atoms with van der Waals surface area (Å²) in [6.07, 6.45) is -6.17. The topological polar surface area (TPSA) is 17.8 Å². The van der Waals surface area contributed by atoms with Gasteiger partial charge in [-0.3, -0.25) is 4.57 Å². The monoisotopic (exact) mass is 466 g/mol. The van der Waals surface area contributed by atoms with Crippen LogP contribution in [0.2, 0.25) is 5.02 Å². The van der Waals surface area contributed by atoms with E-state index in [2.05, 4.69) is 4.98 Å². The summed E-state index contributed by atoms with van der Waals surface area (Å²) in [5.74, 6) is 0.114. The van der Waals surface area contributed by atoms with Crippen molar-refractivity contribution >= 4 is 11.6 Å². The molecule has 0 bridgehead atoms. The summed E-state index contributed by atoms with van der Waals surface area (Å²) in [5, 5.41) is -0.417. The first kappa shape index (κ1) is 22.0. The second-order valence-corrected chi connectivity index (χ2v) is 7.31. The number of halogens is 7. The minimum Gasteiger partial charge on any atom is -0.300 e. The maximum Gasteiger partial charge on any atom is 0.417 e. The van der Waals surface area contributed by atoms with Crippen LogP contribution in [-0.2, 0) is 12.4 Å². The highest BCUT2D eigenvalue weighted by Gasteiger charge is 2.34. The molecule has 0 amide bonds. The number of hydrogen-bond acceptors (Lipinski definition) is 1. The van der Waals surface area contributed by atoms with E-state index >= 15 is 0 Å². The van der Waals surface area contributed by atoms with Crippen LogP contribution in [0.1, 0.15) is 11.1 Å². The summed E-state index contributed by atoms with van der Waals surface area (Å²) in [4.78, 5) is 4.10. The predicted molar refractivity (Wildman–Crippen MR) is 109 cm³/mol. The second kappa shape index (κ2) is 8.02. The first-order valence-electron chi connectivity index (χ1n) is 9.23. The van der Waals surface area contributed by atoms with Crippen LogP contribution < -0.4 is 0 Å². The first-order chi connectivity index (χ1) is 15.1. The molecule has 0 spiro atoms. The maximum absolute atomic E-state index is 13.4. The van der Waals surface area contributed by atoms with Crippen LogP contribution in [0.25, 0.3) is 28.2 Å². The van der Waals surface area contributed by atoms with E-state index in [4.69, 9.17) is 11.6 Å². The van der Waals surface area contributed by atoms with Gasteiger partial charge in [-0.05, 0) is 41.5 Å². The molecule has 0 saturated carbocycles. The van der Waals surface area contributed by atoms with E-state index in [1.807, 2.05) is 0 Å². The summed E-state index contributed by atoms with van der Waals surface area (Å²) in [6, 6.07) is 15.2. The zero-order chi connectivity index (χ0) is 23.1. The molecule has 0 radical (unpaired) electrons. The third kappa shape index (κ3) is 4.23. The van der Waals surface area contributed by atoms with Gasteiger partial charge in [0.1, 0.15) is 5.82 Å². The molecular formula is C23H13ClF6N2. The molecule has 0 N–H and O–H groups in total. The highest BCUT2D eigenvalue weighted by Crippen LogP contribution is 2.38. The van der Waals surface area contributed by atoms with Crippen molar-refractivity contribution < 1.29 is 26.3 Å². The smallest absolute Gasteiger partial charge is 0.300 e. The van der Waals surface area contributed by atoms with Gasteiger partial charge in [-0.25, -0.2) is 4.98 Å². The molecule has 0 fully saturated rings. The molecule has 3 aromatic carbocycles. The third-order valence-corrected chi connectivity index (χ3v) is 5.18. The SMILES string of the molecule is FC(F)(F)c1ccc(-c2ccc(-n3ccnc3-c3ccccc3C(F)(F)F)cc2)cc1Cl. The van der Waals surface area contributed by atoms with E-state index in [0.29, 0.717) is 16.8 Å². The molecule has 2 nitrogen and oxygen atoms in total. The van der Waals surface area contributed by atoms with Crippen LogP contribution in [0.4, 0.5) is 26.3 Å². The van der Waals surface area contributed by atoms with E-state index < -0.39 is 28.5 Å². The van der Waals surface area contributed by atoms with Crippen molar-refractivity contribution in [2.24, 2.45) is 0 Å². The lowest BCUT2D eigenvalue weighted by molar-refractivity contribution is -0.138. The molecule has 0 saturated heterocycles. The maximum atomic E-state index is 13.4. The summed E-state index contributed by atoms with van der Waals surface area (Å²) >= 11 is 5.79. The van der Waals surface area contributed by atoms with Gasteiger partial charge in [0.05, 0.1) is 16.1 Å². The zero-order valence-electron chi connectivity index (χ0n) is 16.0. The molecule has 0 aliphatic heterocycles. The predicted octanol–water partition coefficient (Wildman–Crippen LogP) is 7.90. The lowest BCUT2D eigenvalue weighted by Gasteiger charge is -2.14. The standard InChI is InChI=1S/C23H13ClF6N2/c24-20-13-15(7-10-19(20)23(28,29)30)14-5-8-16(9-6-14)32-12-11-31-21(32)17-3-1-2-4-18(17)22(25,26)27/h1-13H. The second-order valence-electron chi connectivity index (χ2n) is 6.90. The Hall–Kier alpha value is -3.26. The molecule has 0 atom stereocenters. The zero-order valence-corrected chi connectivity index (χ0v) is 16.8. The Bertz CT molecular complexity index is 1260. The molecule has 1 heterocycles. The largest absolute Gasteiger partial charge is 0.417 e. The van der Waals surface area contributed by atoms with E-state index in [1.54, 1.807) is 24.3 Å². The summed E-state index contributed by atoms with van der Waals surface area (Å²) in [6.45, 7) is 0. The van der Waals surface area contributed by atoms with Crippen molar-refractivity contribution in [3.63, 3.8) is 0 Å². The van der Waals surface area contributed by atoms with Crippen molar-refractivity contribution in [2.45, 2.75) is 12.4 Å². The number of benzene rings is 3. The van der Waals surface area contributed by atoms with Crippen LogP contribution in [-0.4, -0.2) is 9.55 Å². The quantitative estimate of drug-likeness (QED) is 0.281. The third-order valence-electron chi connectivity index (χ3n) is 4.87. The summed E-state index contributed by atoms with van der Waals surface area (Å²) < 4.78 is 80.5. The van der Waals surface area contributed by atoms with Crippen LogP contribution in [0.15, 0.2) is 79.1 Å². The minimum absolute atomic E-state index is 0.0661. The Morgan fingerprint density at radius 3 is 1.97 bits per heavy atom. The fourth-order valence-electron chi connectivity index (χ4n) is 3.38. The number of nitrogens with zero attached hydrogens (tertiary/aromatic N) is 2. The average molecular weight is 467 g/mol. The number of alkyl halides is 6. The highest BCUT2D eigenvalue weighted by atomic mass is 35.5. The number of hydrogen-bond donors (Lipinski definition) is 0. The van der Waals surface area contributed by atoms with E-state index in [9.17, 15) is 26.3 Å². The Kier molecular flexibility index (Phi) is 5.50. The lowest BCUT2D eigenvalue weighted by atomic mass is 10.0. The van der Waals surface area contributed by atoms with Crippen LogP contribution in [0.3, 0.4) is 0 Å². The lowest BCUT2D eigenvalue weighted by Crippen LogP contribution is -2.08. The van der Waals surface area contributed by atoms with Crippen LogP contribution in [0, 0.1) is 0 Å². The van der Waals surface area contributed by atoms with Gasteiger partial charge in [0, 0.05) is 23.6 Å². The van der Waals surface area contributed by atoms with E-state index in [0.717, 1.165) is 12.1 Å². The molecule has 0 unspecified atom stereocenters. The molecule has 0 aliphatic rings. The Labute approximate surface area is 183 Å². The Morgan fingerprint density at radius 1 is 0.719 bits per heavy atom. The highest BCUT2D eigenvalue weighted by molar-refractivity contribution is 6.31. The van der Waals surface area contributed by atoms with Gasteiger partial charge >= 0.3 is 12.4 Å². The molecule has 32 heavy (non-hydrogen) atoms. The molecule has 4 rings (SSSR count). The van der Waals surface area contributed by atoms with Gasteiger partial charge in [-0.15, -0.1) is 0 Å². The van der Waals surface area contributed by atoms with Crippen LogP contribution in [0.5, 0.6) is 0 Å². The van der Waals surface area contributed by atoms with Gasteiger partial charge in [0.2, 0.25) is 0 Å². The van der Waals surface area contributed by atoms with Gasteiger partial charge in [0.25, 0.3) is 0 Å². The molecule has 9 heteroatoms. The molecule has 1 aromatic heterocycles. The average Bonchev–Trinajstić information content (AvgIpc) is 3.22. The van der Waals surface area contributed by atoms with Gasteiger partial charge < -0.3 is 0 Å². The molecule has 164 valence electrons. The normalized spacial score (nSPS) is 12.2. The number of aromatic nitrogens is 2. The first-order valence-corrected chi connectivity index (χ1v) is 9.61. The van der Waals surface area contributed by atoms with Gasteiger partial charge in [-0.1, -0.05) is 48.0 Å². The molecule has 4 aromatic rings. The van der Waals surface area contributed by atoms with E-state index in [-0.39, 0.29) is 11.4 Å². The number of rotatable bonds is 3. The minimum atomic E-state index is -4.55.